The van der Waals surface area contributed by atoms with Crippen LogP contribution in [-0.4, -0.2) is 85.5 Å². The maximum Gasteiger partial charge on any atom is 0.273 e. The molecule has 2 aliphatic rings. The number of aryl methyl sites for hydroxylation is 1. The monoisotopic (exact) mass is 778 g/mol. The number of imide groups is 1. The molecule has 5 heterocycles. The van der Waals surface area contributed by atoms with Gasteiger partial charge in [0.2, 0.25) is 11.8 Å². The molecule has 298 valence electrons. The van der Waals surface area contributed by atoms with Gasteiger partial charge in [0.1, 0.15) is 5.69 Å². The van der Waals surface area contributed by atoms with Crippen molar-refractivity contribution in [3.8, 4) is 22.4 Å². The summed E-state index contributed by atoms with van der Waals surface area (Å²) >= 11 is 0. The van der Waals surface area contributed by atoms with Crippen LogP contribution < -0.4 is 15.5 Å². The number of anilines is 1. The number of hydrogen-bond donors (Lipinski definition) is 3. The van der Waals surface area contributed by atoms with Gasteiger partial charge in [-0.15, -0.1) is 5.10 Å². The Morgan fingerprint density at radius 3 is 2.36 bits per heavy atom. The minimum atomic E-state index is -0.264. The van der Waals surface area contributed by atoms with Gasteiger partial charge < -0.3 is 10.2 Å². The maximum absolute atomic E-state index is 13.0. The molecule has 0 radical (unpaired) electrons. The standard InChI is InChI=1S/C45H50N10O3/c1-28-24-33(12-15-36(28)29(2)47-44(58)39-27-55(52-49-39)45(3,4)5)41-38-25-34(26-46-42(38)51-50-41)31-10-13-35(14-11-31)54-22-20-53(21-23-54)19-18-30-6-8-32(9-7-30)37-16-17-40(56)48-43(37)57/h6-15,24-27,29,37H,16-23H2,1-5H3,(H,47,58)(H,46,50,51)(H,48,56,57). The molecule has 8 rings (SSSR count). The van der Waals surface area contributed by atoms with Crippen molar-refractivity contribution in [1.29, 1.82) is 0 Å². The van der Waals surface area contributed by atoms with E-state index in [2.05, 4.69) is 89.5 Å². The van der Waals surface area contributed by atoms with E-state index in [1.165, 1.54) is 11.3 Å². The van der Waals surface area contributed by atoms with E-state index < -0.39 is 0 Å². The highest BCUT2D eigenvalue weighted by Gasteiger charge is 2.28. The second-order valence-electron chi connectivity index (χ2n) is 16.5. The Morgan fingerprint density at radius 2 is 1.67 bits per heavy atom. The lowest BCUT2D eigenvalue weighted by Crippen LogP contribution is -2.47. The molecule has 3 aromatic heterocycles. The number of hydrogen-bond acceptors (Lipinski definition) is 9. The van der Waals surface area contributed by atoms with Crippen LogP contribution in [0.1, 0.15) is 85.2 Å². The van der Waals surface area contributed by atoms with Crippen LogP contribution in [0.5, 0.6) is 0 Å². The normalized spacial score (nSPS) is 17.1. The second kappa shape index (κ2) is 16.0. The lowest BCUT2D eigenvalue weighted by molar-refractivity contribution is -0.134. The Hall–Kier alpha value is -6.21. The number of nitrogens with one attached hydrogen (secondary N) is 3. The first-order valence-electron chi connectivity index (χ1n) is 20.1. The van der Waals surface area contributed by atoms with E-state index in [1.54, 1.807) is 10.9 Å². The molecule has 3 amide bonds. The highest BCUT2D eigenvalue weighted by atomic mass is 16.2. The molecule has 0 aliphatic carbocycles. The Bertz CT molecular complexity index is 2460. The van der Waals surface area contributed by atoms with E-state index in [4.69, 9.17) is 4.98 Å². The molecule has 3 aromatic carbocycles. The van der Waals surface area contributed by atoms with Crippen molar-refractivity contribution >= 4 is 34.4 Å². The molecule has 2 saturated heterocycles. The number of piperidine rings is 1. The summed E-state index contributed by atoms with van der Waals surface area (Å²) in [5.74, 6) is -0.880. The quantitative estimate of drug-likeness (QED) is 0.136. The summed E-state index contributed by atoms with van der Waals surface area (Å²) in [6.45, 7) is 15.0. The highest BCUT2D eigenvalue weighted by Crippen LogP contribution is 2.32. The number of piperazine rings is 1. The number of aromatic amines is 1. The minimum absolute atomic E-state index is 0.183. The van der Waals surface area contributed by atoms with E-state index in [0.717, 1.165) is 89.3 Å². The van der Waals surface area contributed by atoms with Gasteiger partial charge in [0.15, 0.2) is 11.3 Å². The molecule has 6 aromatic rings. The second-order valence-corrected chi connectivity index (χ2v) is 16.5. The molecule has 3 N–H and O–H groups in total. The predicted molar refractivity (Wildman–Crippen MR) is 224 cm³/mol. The third-order valence-corrected chi connectivity index (χ3v) is 11.5. The van der Waals surface area contributed by atoms with Crippen LogP contribution in [0, 0.1) is 6.92 Å². The van der Waals surface area contributed by atoms with Crippen LogP contribution in [0.25, 0.3) is 33.4 Å². The summed E-state index contributed by atoms with van der Waals surface area (Å²) in [5.41, 5.74) is 10.1. The van der Waals surface area contributed by atoms with E-state index in [1.807, 2.05) is 65.1 Å². The van der Waals surface area contributed by atoms with Crippen LogP contribution in [0.4, 0.5) is 5.69 Å². The number of fused-ring (bicyclic) bond motifs is 1. The number of carbonyl (C=O) groups is 3. The lowest BCUT2D eigenvalue weighted by atomic mass is 9.90. The SMILES string of the molecule is Cc1cc(-c2n[nH]c3ncc(-c4ccc(N5CCN(CCc6ccc(C7CCC(=O)NC7=O)cc6)CC5)cc4)cc23)ccc1C(C)NC(=O)c1cn(C(C)(C)C)nn1. The van der Waals surface area contributed by atoms with Gasteiger partial charge in [0.25, 0.3) is 5.91 Å². The van der Waals surface area contributed by atoms with Crippen LogP contribution >= 0.6 is 0 Å². The molecule has 2 fully saturated rings. The van der Waals surface area contributed by atoms with Crippen LogP contribution in [0.3, 0.4) is 0 Å². The van der Waals surface area contributed by atoms with Crippen molar-refractivity contribution in [2.75, 3.05) is 37.6 Å². The molecule has 13 nitrogen and oxygen atoms in total. The molecular formula is C45H50N10O3. The number of nitrogens with zero attached hydrogens (tertiary/aromatic N) is 7. The van der Waals surface area contributed by atoms with E-state index in [0.29, 0.717) is 12.8 Å². The lowest BCUT2D eigenvalue weighted by Gasteiger charge is -2.36. The molecule has 2 atom stereocenters. The fourth-order valence-corrected chi connectivity index (χ4v) is 7.94. The summed E-state index contributed by atoms with van der Waals surface area (Å²) in [7, 11) is 0. The number of aromatic nitrogens is 6. The van der Waals surface area contributed by atoms with Crippen molar-refractivity contribution < 1.29 is 14.4 Å². The van der Waals surface area contributed by atoms with Crippen molar-refractivity contribution in [3.05, 3.63) is 113 Å². The maximum atomic E-state index is 13.0. The zero-order valence-electron chi connectivity index (χ0n) is 33.7. The van der Waals surface area contributed by atoms with E-state index >= 15 is 0 Å². The molecule has 2 aliphatic heterocycles. The van der Waals surface area contributed by atoms with Gasteiger partial charge in [0.05, 0.1) is 23.7 Å². The van der Waals surface area contributed by atoms with E-state index in [9.17, 15) is 14.4 Å². The van der Waals surface area contributed by atoms with Crippen LogP contribution in [-0.2, 0) is 21.5 Å². The molecule has 2 unspecified atom stereocenters. The van der Waals surface area contributed by atoms with Gasteiger partial charge in [0, 0.05) is 67.5 Å². The Morgan fingerprint density at radius 1 is 0.931 bits per heavy atom. The first-order valence-corrected chi connectivity index (χ1v) is 20.1. The Labute approximate surface area is 338 Å². The van der Waals surface area contributed by atoms with Crippen LogP contribution in [0.2, 0.25) is 0 Å². The molecule has 0 saturated carbocycles. The number of amides is 3. The first-order chi connectivity index (χ1) is 27.9. The molecular weight excluding hydrogens is 729 g/mol. The Kier molecular flexibility index (Phi) is 10.6. The third kappa shape index (κ3) is 8.26. The minimum Gasteiger partial charge on any atom is -0.369 e. The Balaban J connectivity index is 0.865. The first kappa shape index (κ1) is 38.7. The predicted octanol–water partition coefficient (Wildman–Crippen LogP) is 6.32. The van der Waals surface area contributed by atoms with Crippen molar-refractivity contribution in [2.45, 2.75) is 71.4 Å². The number of pyridine rings is 1. The number of carbonyl (C=O) groups excluding carboxylic acids is 3. The van der Waals surface area contributed by atoms with Gasteiger partial charge >= 0.3 is 0 Å². The zero-order valence-corrected chi connectivity index (χ0v) is 33.7. The summed E-state index contributed by atoms with van der Waals surface area (Å²) < 4.78 is 1.69. The largest absolute Gasteiger partial charge is 0.369 e. The third-order valence-electron chi connectivity index (χ3n) is 11.5. The van der Waals surface area contributed by atoms with E-state index in [-0.39, 0.29) is 40.9 Å². The molecule has 58 heavy (non-hydrogen) atoms. The van der Waals surface area contributed by atoms with Crippen LogP contribution in [0.15, 0.2) is 85.2 Å². The van der Waals surface area contributed by atoms with Crippen molar-refractivity contribution in [1.82, 2.24) is 45.7 Å². The number of H-pyrrole nitrogens is 1. The van der Waals surface area contributed by atoms with Gasteiger partial charge in [-0.2, -0.15) is 5.10 Å². The average molecular weight is 779 g/mol. The zero-order chi connectivity index (χ0) is 40.6. The number of benzene rings is 3. The van der Waals surface area contributed by atoms with Gasteiger partial charge in [-0.05, 0) is 99.5 Å². The molecule has 0 spiro atoms. The average Bonchev–Trinajstić information content (AvgIpc) is 3.89. The number of rotatable bonds is 10. The summed E-state index contributed by atoms with van der Waals surface area (Å²) in [4.78, 5) is 46.4. The fraction of sp³-hybridized carbons (Fsp3) is 0.356. The molecule has 0 bridgehead atoms. The fourth-order valence-electron chi connectivity index (χ4n) is 7.94. The van der Waals surface area contributed by atoms with Crippen molar-refractivity contribution in [3.63, 3.8) is 0 Å². The molecule has 13 heteroatoms. The summed E-state index contributed by atoms with van der Waals surface area (Å²) in [6.07, 6.45) is 5.49. The summed E-state index contributed by atoms with van der Waals surface area (Å²) in [5, 5.41) is 22.4. The topological polar surface area (TPSA) is 154 Å². The highest BCUT2D eigenvalue weighted by molar-refractivity contribution is 6.01. The van der Waals surface area contributed by atoms with Crippen molar-refractivity contribution in [2.24, 2.45) is 0 Å². The van der Waals surface area contributed by atoms with Gasteiger partial charge in [-0.1, -0.05) is 53.7 Å². The smallest absolute Gasteiger partial charge is 0.273 e. The summed E-state index contributed by atoms with van der Waals surface area (Å²) in [6, 6.07) is 25.1. The van der Waals surface area contributed by atoms with Gasteiger partial charge in [-0.25, -0.2) is 9.67 Å². The van der Waals surface area contributed by atoms with Gasteiger partial charge in [-0.3, -0.25) is 29.7 Å².